The third-order valence-corrected chi connectivity index (χ3v) is 2.73. The Morgan fingerprint density at radius 3 is 2.35 bits per heavy atom. The van der Waals surface area contributed by atoms with Gasteiger partial charge in [-0.15, -0.1) is 0 Å². The number of rotatable bonds is 3. The molecule has 0 spiro atoms. The van der Waals surface area contributed by atoms with Crippen LogP contribution in [0.25, 0.3) is 0 Å². The summed E-state index contributed by atoms with van der Waals surface area (Å²) in [6.45, 7) is 11.2. The molecule has 0 unspecified atom stereocenters. The molecule has 0 bridgehead atoms. The van der Waals surface area contributed by atoms with Crippen molar-refractivity contribution in [2.75, 3.05) is 39.8 Å². The van der Waals surface area contributed by atoms with Gasteiger partial charge in [-0.1, -0.05) is 6.08 Å². The van der Waals surface area contributed by atoms with Gasteiger partial charge in [0.15, 0.2) is 0 Å². The molecule has 17 heavy (non-hydrogen) atoms. The summed E-state index contributed by atoms with van der Waals surface area (Å²) in [7, 11) is 2.14. The summed E-state index contributed by atoms with van der Waals surface area (Å²) in [5.74, 6) is -0.00775. The second-order valence-electron chi connectivity index (χ2n) is 5.75. The van der Waals surface area contributed by atoms with Gasteiger partial charge in [-0.05, 0) is 27.8 Å². The number of nitrogens with zero attached hydrogens (tertiary/aromatic N) is 2. The van der Waals surface area contributed by atoms with E-state index in [1.165, 1.54) is 0 Å². The Labute approximate surface area is 105 Å². The first-order valence-corrected chi connectivity index (χ1v) is 6.26. The molecule has 4 nitrogen and oxygen atoms in total. The molecule has 1 N–H and O–H groups in total. The van der Waals surface area contributed by atoms with Crippen molar-refractivity contribution in [3.8, 4) is 0 Å². The summed E-state index contributed by atoms with van der Waals surface area (Å²) < 4.78 is 0. The highest BCUT2D eigenvalue weighted by molar-refractivity contribution is 5.87. The largest absolute Gasteiger partial charge is 0.348 e. The zero-order valence-electron chi connectivity index (χ0n) is 11.5. The summed E-state index contributed by atoms with van der Waals surface area (Å²) in [4.78, 5) is 16.2. The SMILES string of the molecule is CN1CCN(CC=CC(=O)NC(C)(C)C)CC1. The van der Waals surface area contributed by atoms with Gasteiger partial charge in [0.25, 0.3) is 0 Å². The molecule has 0 aromatic rings. The van der Waals surface area contributed by atoms with Crippen molar-refractivity contribution in [1.29, 1.82) is 0 Å². The van der Waals surface area contributed by atoms with Crippen LogP contribution in [0.3, 0.4) is 0 Å². The quantitative estimate of drug-likeness (QED) is 0.737. The number of hydrogen-bond acceptors (Lipinski definition) is 3. The number of carbonyl (C=O) groups excluding carboxylic acids is 1. The average molecular weight is 239 g/mol. The van der Waals surface area contributed by atoms with E-state index in [1.807, 2.05) is 26.8 Å². The van der Waals surface area contributed by atoms with E-state index in [0.717, 1.165) is 32.7 Å². The van der Waals surface area contributed by atoms with Crippen molar-refractivity contribution in [2.45, 2.75) is 26.3 Å². The molecular formula is C13H25N3O. The minimum atomic E-state index is -0.157. The second kappa shape index (κ2) is 6.17. The van der Waals surface area contributed by atoms with Crippen LogP contribution in [0, 0.1) is 0 Å². The Kier molecular flexibility index (Phi) is 5.15. The van der Waals surface area contributed by atoms with E-state index in [4.69, 9.17) is 0 Å². The molecule has 1 amide bonds. The highest BCUT2D eigenvalue weighted by atomic mass is 16.1. The Balaban J connectivity index is 2.23. The Morgan fingerprint density at radius 1 is 1.24 bits per heavy atom. The highest BCUT2D eigenvalue weighted by Crippen LogP contribution is 2.00. The van der Waals surface area contributed by atoms with E-state index >= 15 is 0 Å². The minimum absolute atomic E-state index is 0.00775. The van der Waals surface area contributed by atoms with Crippen molar-refractivity contribution < 1.29 is 4.79 Å². The van der Waals surface area contributed by atoms with E-state index in [-0.39, 0.29) is 11.4 Å². The molecule has 4 heteroatoms. The Hall–Kier alpha value is -0.870. The molecule has 98 valence electrons. The first-order chi connectivity index (χ1) is 7.87. The Morgan fingerprint density at radius 2 is 1.82 bits per heavy atom. The molecular weight excluding hydrogens is 214 g/mol. The molecule has 1 aliphatic heterocycles. The lowest BCUT2D eigenvalue weighted by molar-refractivity contribution is -0.117. The number of nitrogens with one attached hydrogen (secondary N) is 1. The fourth-order valence-corrected chi connectivity index (χ4v) is 1.75. The van der Waals surface area contributed by atoms with Gasteiger partial charge in [-0.3, -0.25) is 9.69 Å². The van der Waals surface area contributed by atoms with Gasteiger partial charge < -0.3 is 10.2 Å². The topological polar surface area (TPSA) is 35.6 Å². The standard InChI is InChI=1S/C13H25N3O/c1-13(2,3)14-12(17)6-5-7-16-10-8-15(4)9-11-16/h5-6H,7-11H2,1-4H3,(H,14,17). The van der Waals surface area contributed by atoms with Crippen LogP contribution in [0.4, 0.5) is 0 Å². The third-order valence-electron chi connectivity index (χ3n) is 2.73. The first kappa shape index (κ1) is 14.2. The number of likely N-dealkylation sites (N-methyl/N-ethyl adjacent to an activating group) is 1. The van der Waals surface area contributed by atoms with Gasteiger partial charge in [-0.2, -0.15) is 0 Å². The maximum absolute atomic E-state index is 11.5. The normalized spacial score (nSPS) is 19.8. The van der Waals surface area contributed by atoms with Crippen molar-refractivity contribution in [1.82, 2.24) is 15.1 Å². The molecule has 0 aliphatic carbocycles. The average Bonchev–Trinajstić information content (AvgIpc) is 2.18. The lowest BCUT2D eigenvalue weighted by Gasteiger charge is -2.31. The van der Waals surface area contributed by atoms with Gasteiger partial charge >= 0.3 is 0 Å². The fraction of sp³-hybridized carbons (Fsp3) is 0.769. The van der Waals surface area contributed by atoms with Crippen molar-refractivity contribution >= 4 is 5.91 Å². The van der Waals surface area contributed by atoms with Crippen molar-refractivity contribution in [3.63, 3.8) is 0 Å². The minimum Gasteiger partial charge on any atom is -0.348 e. The van der Waals surface area contributed by atoms with E-state index in [9.17, 15) is 4.79 Å². The molecule has 1 rings (SSSR count). The lowest BCUT2D eigenvalue weighted by atomic mass is 10.1. The predicted molar refractivity (Wildman–Crippen MR) is 71.0 cm³/mol. The van der Waals surface area contributed by atoms with E-state index in [1.54, 1.807) is 6.08 Å². The van der Waals surface area contributed by atoms with Crippen LogP contribution in [-0.4, -0.2) is 61.0 Å². The van der Waals surface area contributed by atoms with E-state index in [0.29, 0.717) is 0 Å². The van der Waals surface area contributed by atoms with Crippen molar-refractivity contribution in [2.24, 2.45) is 0 Å². The molecule has 1 saturated heterocycles. The molecule has 0 aromatic heterocycles. The Bertz CT molecular complexity index is 273. The van der Waals surface area contributed by atoms with Crippen molar-refractivity contribution in [3.05, 3.63) is 12.2 Å². The van der Waals surface area contributed by atoms with Gasteiger partial charge in [0.1, 0.15) is 0 Å². The van der Waals surface area contributed by atoms with E-state index < -0.39 is 0 Å². The number of carbonyl (C=O) groups is 1. The maximum atomic E-state index is 11.5. The van der Waals surface area contributed by atoms with Crippen LogP contribution in [-0.2, 0) is 4.79 Å². The summed E-state index contributed by atoms with van der Waals surface area (Å²) in [5.41, 5.74) is -0.157. The zero-order valence-corrected chi connectivity index (χ0v) is 11.5. The summed E-state index contributed by atoms with van der Waals surface area (Å²) in [6.07, 6.45) is 3.59. The van der Waals surface area contributed by atoms with Crippen LogP contribution < -0.4 is 5.32 Å². The highest BCUT2D eigenvalue weighted by Gasteiger charge is 2.13. The molecule has 0 atom stereocenters. The zero-order chi connectivity index (χ0) is 12.9. The molecule has 1 fully saturated rings. The third kappa shape index (κ3) is 6.44. The summed E-state index contributed by atoms with van der Waals surface area (Å²) >= 11 is 0. The van der Waals surface area contributed by atoms with Gasteiger partial charge in [0.05, 0.1) is 0 Å². The van der Waals surface area contributed by atoms with Crippen LogP contribution >= 0.6 is 0 Å². The first-order valence-electron chi connectivity index (χ1n) is 6.26. The van der Waals surface area contributed by atoms with Crippen LogP contribution in [0.15, 0.2) is 12.2 Å². The molecule has 0 aromatic carbocycles. The van der Waals surface area contributed by atoms with E-state index in [2.05, 4.69) is 22.2 Å². The van der Waals surface area contributed by atoms with Crippen LogP contribution in [0.5, 0.6) is 0 Å². The summed E-state index contributed by atoms with van der Waals surface area (Å²) in [5, 5.41) is 2.91. The van der Waals surface area contributed by atoms with Gasteiger partial charge in [-0.25, -0.2) is 0 Å². The number of amides is 1. The van der Waals surface area contributed by atoms with Gasteiger partial charge in [0.2, 0.25) is 5.91 Å². The molecule has 0 saturated carbocycles. The van der Waals surface area contributed by atoms with Crippen LogP contribution in [0.1, 0.15) is 20.8 Å². The maximum Gasteiger partial charge on any atom is 0.244 e. The monoisotopic (exact) mass is 239 g/mol. The fourth-order valence-electron chi connectivity index (χ4n) is 1.75. The summed E-state index contributed by atoms with van der Waals surface area (Å²) in [6, 6.07) is 0. The molecule has 1 heterocycles. The molecule has 1 aliphatic rings. The number of piperazine rings is 1. The van der Waals surface area contributed by atoms with Gasteiger partial charge in [0, 0.05) is 44.3 Å². The van der Waals surface area contributed by atoms with Crippen LogP contribution in [0.2, 0.25) is 0 Å². The number of hydrogen-bond donors (Lipinski definition) is 1. The lowest BCUT2D eigenvalue weighted by Crippen LogP contribution is -2.44. The smallest absolute Gasteiger partial charge is 0.244 e. The second-order valence-corrected chi connectivity index (χ2v) is 5.75. The predicted octanol–water partition coefficient (Wildman–Crippen LogP) is 0.705. The molecule has 0 radical (unpaired) electrons.